The Morgan fingerprint density at radius 2 is 2.32 bits per heavy atom. The molecule has 0 bridgehead atoms. The number of nitrogens with one attached hydrogen (secondary N) is 1. The minimum Gasteiger partial charge on any atom is -0.386 e. The number of hydrogen-bond donors (Lipinski definition) is 2. The predicted octanol–water partition coefficient (Wildman–Crippen LogP) is 3.44. The SMILES string of the molecule is O=C(CC1=CCCCC1)NC[C@H](O)c1ccc(Cl)s1. The van der Waals surface area contributed by atoms with Crippen molar-refractivity contribution in [2.45, 2.75) is 38.2 Å². The van der Waals surface area contributed by atoms with Crippen LogP contribution in [0.5, 0.6) is 0 Å². The van der Waals surface area contributed by atoms with E-state index in [1.54, 1.807) is 12.1 Å². The molecule has 0 unspecified atom stereocenters. The van der Waals surface area contributed by atoms with Crippen molar-refractivity contribution in [1.29, 1.82) is 0 Å². The Bertz CT molecular complexity index is 470. The van der Waals surface area contributed by atoms with Crippen molar-refractivity contribution >= 4 is 28.8 Å². The zero-order valence-corrected chi connectivity index (χ0v) is 12.3. The van der Waals surface area contributed by atoms with E-state index in [0.29, 0.717) is 10.8 Å². The van der Waals surface area contributed by atoms with Gasteiger partial charge in [-0.25, -0.2) is 0 Å². The Labute approximate surface area is 122 Å². The largest absolute Gasteiger partial charge is 0.386 e. The van der Waals surface area contributed by atoms with E-state index >= 15 is 0 Å². The third-order valence-corrected chi connectivity index (χ3v) is 4.52. The maximum Gasteiger partial charge on any atom is 0.224 e. The van der Waals surface area contributed by atoms with Crippen molar-refractivity contribution in [3.63, 3.8) is 0 Å². The Morgan fingerprint density at radius 3 is 2.95 bits per heavy atom. The van der Waals surface area contributed by atoms with E-state index in [0.717, 1.165) is 17.7 Å². The van der Waals surface area contributed by atoms with Crippen LogP contribution in [0.15, 0.2) is 23.8 Å². The average Bonchev–Trinajstić information content (AvgIpc) is 2.84. The molecule has 2 rings (SSSR count). The second kappa shape index (κ2) is 7.08. The Hall–Kier alpha value is -0.840. The van der Waals surface area contributed by atoms with E-state index in [-0.39, 0.29) is 12.5 Å². The average molecular weight is 300 g/mol. The molecule has 1 aliphatic carbocycles. The summed E-state index contributed by atoms with van der Waals surface area (Å²) in [6.45, 7) is 0.239. The number of rotatable bonds is 5. The van der Waals surface area contributed by atoms with Gasteiger partial charge < -0.3 is 10.4 Å². The molecule has 0 saturated carbocycles. The molecule has 1 atom stereocenters. The third-order valence-electron chi connectivity index (χ3n) is 3.19. The zero-order valence-electron chi connectivity index (χ0n) is 10.7. The van der Waals surface area contributed by atoms with Gasteiger partial charge in [0.25, 0.3) is 0 Å². The highest BCUT2D eigenvalue weighted by atomic mass is 35.5. The quantitative estimate of drug-likeness (QED) is 0.818. The first-order chi connectivity index (χ1) is 9.15. The van der Waals surface area contributed by atoms with Gasteiger partial charge in [-0.3, -0.25) is 4.79 Å². The molecule has 1 aromatic heterocycles. The lowest BCUT2D eigenvalue weighted by Gasteiger charge is -2.14. The minimum atomic E-state index is -0.679. The molecule has 1 aliphatic rings. The summed E-state index contributed by atoms with van der Waals surface area (Å²) >= 11 is 7.14. The predicted molar refractivity (Wildman–Crippen MR) is 78.5 cm³/mol. The fraction of sp³-hybridized carbons (Fsp3) is 0.500. The fourth-order valence-electron chi connectivity index (χ4n) is 2.15. The number of amides is 1. The summed E-state index contributed by atoms with van der Waals surface area (Å²) < 4.78 is 0.646. The van der Waals surface area contributed by atoms with E-state index < -0.39 is 6.10 Å². The van der Waals surface area contributed by atoms with Crippen LogP contribution in [0.2, 0.25) is 4.34 Å². The van der Waals surface area contributed by atoms with Crippen LogP contribution in [0.4, 0.5) is 0 Å². The lowest BCUT2D eigenvalue weighted by Crippen LogP contribution is -2.28. The normalized spacial score (nSPS) is 16.8. The standard InChI is InChI=1S/C14H18ClNO2S/c15-13-7-6-12(19-13)11(17)9-16-14(18)8-10-4-2-1-3-5-10/h4,6-7,11,17H,1-3,5,8-9H2,(H,16,18)/t11-/m0/s1. The number of carbonyl (C=O) groups is 1. The number of carbonyl (C=O) groups excluding carboxylic acids is 1. The number of aliphatic hydroxyl groups is 1. The molecule has 1 heterocycles. The first-order valence-corrected chi connectivity index (χ1v) is 7.72. The minimum absolute atomic E-state index is 0.0187. The van der Waals surface area contributed by atoms with Gasteiger partial charge in [0, 0.05) is 17.8 Å². The van der Waals surface area contributed by atoms with E-state index in [9.17, 15) is 9.90 Å². The molecule has 0 saturated heterocycles. The molecule has 3 nitrogen and oxygen atoms in total. The van der Waals surface area contributed by atoms with Crippen molar-refractivity contribution < 1.29 is 9.90 Å². The highest BCUT2D eigenvalue weighted by Gasteiger charge is 2.13. The molecule has 0 aliphatic heterocycles. The van der Waals surface area contributed by atoms with Crippen LogP contribution in [-0.2, 0) is 4.79 Å². The van der Waals surface area contributed by atoms with Crippen LogP contribution in [0.3, 0.4) is 0 Å². The van der Waals surface area contributed by atoms with Crippen molar-refractivity contribution in [3.8, 4) is 0 Å². The lowest BCUT2D eigenvalue weighted by atomic mass is 9.97. The molecule has 1 aromatic rings. The van der Waals surface area contributed by atoms with E-state index in [4.69, 9.17) is 11.6 Å². The first-order valence-electron chi connectivity index (χ1n) is 6.53. The molecule has 0 spiro atoms. The smallest absolute Gasteiger partial charge is 0.224 e. The monoisotopic (exact) mass is 299 g/mol. The summed E-state index contributed by atoms with van der Waals surface area (Å²) in [4.78, 5) is 12.5. The van der Waals surface area contributed by atoms with Gasteiger partial charge in [0.1, 0.15) is 6.10 Å². The molecule has 104 valence electrons. The van der Waals surface area contributed by atoms with Crippen LogP contribution in [0.25, 0.3) is 0 Å². The van der Waals surface area contributed by atoms with E-state index in [2.05, 4.69) is 11.4 Å². The van der Waals surface area contributed by atoms with Crippen molar-refractivity contribution in [3.05, 3.63) is 33.0 Å². The lowest BCUT2D eigenvalue weighted by molar-refractivity contribution is -0.120. The van der Waals surface area contributed by atoms with Crippen LogP contribution in [-0.4, -0.2) is 17.6 Å². The van der Waals surface area contributed by atoms with Crippen molar-refractivity contribution in [1.82, 2.24) is 5.32 Å². The molecule has 19 heavy (non-hydrogen) atoms. The molecular formula is C14H18ClNO2S. The first kappa shape index (κ1) is 14.6. The summed E-state index contributed by atoms with van der Waals surface area (Å²) in [7, 11) is 0. The molecular weight excluding hydrogens is 282 g/mol. The topological polar surface area (TPSA) is 49.3 Å². The van der Waals surface area contributed by atoms with Gasteiger partial charge >= 0.3 is 0 Å². The molecule has 0 aromatic carbocycles. The maximum absolute atomic E-state index is 11.8. The van der Waals surface area contributed by atoms with Gasteiger partial charge in [0.15, 0.2) is 0 Å². The Balaban J connectivity index is 1.75. The van der Waals surface area contributed by atoms with Gasteiger partial charge in [0.2, 0.25) is 5.91 Å². The number of halogens is 1. The zero-order chi connectivity index (χ0) is 13.7. The summed E-state index contributed by atoms with van der Waals surface area (Å²) in [5.74, 6) is -0.0187. The molecule has 0 radical (unpaired) electrons. The number of thiophene rings is 1. The highest BCUT2D eigenvalue weighted by Crippen LogP contribution is 2.26. The van der Waals surface area contributed by atoms with Gasteiger partial charge in [-0.2, -0.15) is 0 Å². The molecule has 0 fully saturated rings. The van der Waals surface area contributed by atoms with Crippen LogP contribution in [0.1, 0.15) is 43.1 Å². The summed E-state index contributed by atoms with van der Waals surface area (Å²) in [5, 5.41) is 12.7. The summed E-state index contributed by atoms with van der Waals surface area (Å²) in [5.41, 5.74) is 1.22. The second-order valence-electron chi connectivity index (χ2n) is 4.75. The van der Waals surface area contributed by atoms with Crippen molar-refractivity contribution in [2.24, 2.45) is 0 Å². The van der Waals surface area contributed by atoms with Crippen LogP contribution in [0, 0.1) is 0 Å². The van der Waals surface area contributed by atoms with Crippen LogP contribution >= 0.6 is 22.9 Å². The molecule has 1 amide bonds. The van der Waals surface area contributed by atoms with Gasteiger partial charge in [-0.1, -0.05) is 23.3 Å². The third kappa shape index (κ3) is 4.64. The number of hydrogen-bond acceptors (Lipinski definition) is 3. The van der Waals surface area contributed by atoms with E-state index in [1.165, 1.54) is 29.8 Å². The summed E-state index contributed by atoms with van der Waals surface area (Å²) in [6.07, 6.45) is 6.45. The Kier molecular flexibility index (Phi) is 5.43. The van der Waals surface area contributed by atoms with Gasteiger partial charge in [-0.15, -0.1) is 11.3 Å². The number of aliphatic hydroxyl groups excluding tert-OH is 1. The number of allylic oxidation sites excluding steroid dienone is 1. The van der Waals surface area contributed by atoms with E-state index in [1.807, 2.05) is 0 Å². The van der Waals surface area contributed by atoms with Crippen molar-refractivity contribution in [2.75, 3.05) is 6.54 Å². The fourth-order valence-corrected chi connectivity index (χ4v) is 3.20. The van der Waals surface area contributed by atoms with Crippen LogP contribution < -0.4 is 5.32 Å². The highest BCUT2D eigenvalue weighted by molar-refractivity contribution is 7.16. The molecule has 5 heteroatoms. The second-order valence-corrected chi connectivity index (χ2v) is 6.49. The molecule has 2 N–H and O–H groups in total. The Morgan fingerprint density at radius 1 is 1.47 bits per heavy atom. The maximum atomic E-state index is 11.8. The van der Waals surface area contributed by atoms with Gasteiger partial charge in [0.05, 0.1) is 4.34 Å². The summed E-state index contributed by atoms with van der Waals surface area (Å²) in [6, 6.07) is 3.53. The van der Waals surface area contributed by atoms with Gasteiger partial charge in [-0.05, 0) is 37.8 Å².